The van der Waals surface area contributed by atoms with E-state index in [1.54, 1.807) is 7.11 Å². The molecule has 0 aromatic heterocycles. The molecular formula is C11H16BrNO. The summed E-state index contributed by atoms with van der Waals surface area (Å²) in [7, 11) is 1.70. The van der Waals surface area contributed by atoms with Crippen LogP contribution in [0.3, 0.4) is 0 Å². The maximum atomic E-state index is 5.27. The Kier molecular flexibility index (Phi) is 4.42. The van der Waals surface area contributed by atoms with Crippen LogP contribution in [0.15, 0.2) is 22.7 Å². The van der Waals surface area contributed by atoms with E-state index in [2.05, 4.69) is 41.2 Å². The molecule has 2 nitrogen and oxygen atoms in total. The number of halogens is 1. The topological polar surface area (TPSA) is 21.3 Å². The van der Waals surface area contributed by atoms with Crippen LogP contribution < -0.4 is 10.1 Å². The van der Waals surface area contributed by atoms with E-state index in [-0.39, 0.29) is 0 Å². The van der Waals surface area contributed by atoms with Gasteiger partial charge in [0.25, 0.3) is 0 Å². The maximum absolute atomic E-state index is 5.27. The fraction of sp³-hybridized carbons (Fsp3) is 0.455. The van der Waals surface area contributed by atoms with Gasteiger partial charge in [0.05, 0.1) is 7.11 Å². The van der Waals surface area contributed by atoms with Crippen LogP contribution in [0.5, 0.6) is 5.75 Å². The molecule has 0 bridgehead atoms. The summed E-state index contributed by atoms with van der Waals surface area (Å²) in [6.07, 6.45) is 0. The number of benzene rings is 1. The van der Waals surface area contributed by atoms with Crippen molar-refractivity contribution in [2.45, 2.75) is 26.4 Å². The zero-order valence-electron chi connectivity index (χ0n) is 8.80. The van der Waals surface area contributed by atoms with Crippen molar-refractivity contribution in [3.8, 4) is 5.75 Å². The largest absolute Gasteiger partial charge is 0.496 e. The zero-order chi connectivity index (χ0) is 10.6. The van der Waals surface area contributed by atoms with Gasteiger partial charge in [0.2, 0.25) is 0 Å². The molecule has 1 aromatic carbocycles. The first kappa shape index (κ1) is 11.5. The van der Waals surface area contributed by atoms with Gasteiger partial charge in [-0.3, -0.25) is 0 Å². The van der Waals surface area contributed by atoms with E-state index in [0.717, 1.165) is 16.8 Å². The summed E-state index contributed by atoms with van der Waals surface area (Å²) in [6.45, 7) is 5.09. The lowest BCUT2D eigenvalue weighted by molar-refractivity contribution is 0.406. The zero-order valence-corrected chi connectivity index (χ0v) is 10.4. The Morgan fingerprint density at radius 2 is 2.14 bits per heavy atom. The minimum Gasteiger partial charge on any atom is -0.496 e. The van der Waals surface area contributed by atoms with Gasteiger partial charge in [0.1, 0.15) is 5.75 Å². The van der Waals surface area contributed by atoms with E-state index in [9.17, 15) is 0 Å². The van der Waals surface area contributed by atoms with Crippen molar-refractivity contribution in [2.75, 3.05) is 7.11 Å². The average Bonchev–Trinajstić information content (AvgIpc) is 2.15. The molecule has 0 aliphatic carbocycles. The minimum atomic E-state index is 0.485. The van der Waals surface area contributed by atoms with Gasteiger partial charge in [-0.05, 0) is 18.2 Å². The molecule has 0 spiro atoms. The first-order valence-electron chi connectivity index (χ1n) is 4.69. The number of nitrogens with one attached hydrogen (secondary N) is 1. The molecule has 0 saturated heterocycles. The number of hydrogen-bond donors (Lipinski definition) is 1. The Bertz CT molecular complexity index is 299. The summed E-state index contributed by atoms with van der Waals surface area (Å²) in [6, 6.07) is 6.52. The van der Waals surface area contributed by atoms with Crippen LogP contribution >= 0.6 is 15.9 Å². The molecule has 78 valence electrons. The third-order valence-corrected chi connectivity index (χ3v) is 2.44. The predicted molar refractivity (Wildman–Crippen MR) is 62.7 cm³/mol. The molecule has 0 aliphatic rings. The molecule has 1 rings (SSSR count). The van der Waals surface area contributed by atoms with Gasteiger partial charge in [-0.1, -0.05) is 29.8 Å². The monoisotopic (exact) mass is 257 g/mol. The molecular weight excluding hydrogens is 242 g/mol. The Morgan fingerprint density at radius 1 is 1.43 bits per heavy atom. The van der Waals surface area contributed by atoms with Crippen LogP contribution in [0, 0.1) is 0 Å². The molecule has 0 heterocycles. The van der Waals surface area contributed by atoms with Crippen molar-refractivity contribution >= 4 is 15.9 Å². The fourth-order valence-electron chi connectivity index (χ4n) is 1.20. The van der Waals surface area contributed by atoms with Crippen molar-refractivity contribution in [3.05, 3.63) is 28.2 Å². The van der Waals surface area contributed by atoms with Crippen molar-refractivity contribution < 1.29 is 4.74 Å². The second kappa shape index (κ2) is 5.37. The summed E-state index contributed by atoms with van der Waals surface area (Å²) < 4.78 is 6.35. The second-order valence-electron chi connectivity index (χ2n) is 3.49. The molecule has 0 radical (unpaired) electrons. The third-order valence-electron chi connectivity index (χ3n) is 1.94. The SMILES string of the molecule is COc1ccc(Br)cc1CNC(C)C. The summed E-state index contributed by atoms with van der Waals surface area (Å²) in [5.74, 6) is 0.932. The number of hydrogen-bond acceptors (Lipinski definition) is 2. The molecule has 1 N–H and O–H groups in total. The van der Waals surface area contributed by atoms with Gasteiger partial charge in [0, 0.05) is 22.6 Å². The van der Waals surface area contributed by atoms with Gasteiger partial charge in [0.15, 0.2) is 0 Å². The number of rotatable bonds is 4. The van der Waals surface area contributed by atoms with Gasteiger partial charge >= 0.3 is 0 Å². The van der Waals surface area contributed by atoms with Crippen molar-refractivity contribution in [2.24, 2.45) is 0 Å². The first-order valence-corrected chi connectivity index (χ1v) is 5.48. The summed E-state index contributed by atoms with van der Waals surface area (Å²) in [5.41, 5.74) is 1.18. The Labute approximate surface area is 93.8 Å². The number of ether oxygens (including phenoxy) is 1. The lowest BCUT2D eigenvalue weighted by Crippen LogP contribution is -2.22. The Morgan fingerprint density at radius 3 is 2.71 bits per heavy atom. The van der Waals surface area contributed by atoms with E-state index < -0.39 is 0 Å². The van der Waals surface area contributed by atoms with Crippen LogP contribution in [0.25, 0.3) is 0 Å². The van der Waals surface area contributed by atoms with Crippen LogP contribution in [0.2, 0.25) is 0 Å². The smallest absolute Gasteiger partial charge is 0.123 e. The van der Waals surface area contributed by atoms with Crippen molar-refractivity contribution in [1.82, 2.24) is 5.32 Å². The van der Waals surface area contributed by atoms with Crippen LogP contribution in [-0.2, 0) is 6.54 Å². The standard InChI is InChI=1S/C11H16BrNO/c1-8(2)13-7-9-6-10(12)4-5-11(9)14-3/h4-6,8,13H,7H2,1-3H3. The molecule has 0 saturated carbocycles. The minimum absolute atomic E-state index is 0.485. The molecule has 1 aromatic rings. The highest BCUT2D eigenvalue weighted by atomic mass is 79.9. The van der Waals surface area contributed by atoms with E-state index >= 15 is 0 Å². The average molecular weight is 258 g/mol. The predicted octanol–water partition coefficient (Wildman–Crippen LogP) is 2.96. The summed E-state index contributed by atoms with van der Waals surface area (Å²) in [4.78, 5) is 0. The highest BCUT2D eigenvalue weighted by Crippen LogP contribution is 2.22. The molecule has 0 aliphatic heterocycles. The third kappa shape index (κ3) is 3.31. The first-order chi connectivity index (χ1) is 6.63. The Balaban J connectivity index is 2.77. The van der Waals surface area contributed by atoms with Crippen LogP contribution in [-0.4, -0.2) is 13.2 Å². The summed E-state index contributed by atoms with van der Waals surface area (Å²) >= 11 is 3.45. The Hall–Kier alpha value is -0.540. The van der Waals surface area contributed by atoms with E-state index in [4.69, 9.17) is 4.74 Å². The van der Waals surface area contributed by atoms with Crippen molar-refractivity contribution in [3.63, 3.8) is 0 Å². The molecule has 0 amide bonds. The molecule has 0 unspecified atom stereocenters. The highest BCUT2D eigenvalue weighted by molar-refractivity contribution is 9.10. The van der Waals surface area contributed by atoms with Crippen LogP contribution in [0.1, 0.15) is 19.4 Å². The molecule has 14 heavy (non-hydrogen) atoms. The lowest BCUT2D eigenvalue weighted by Gasteiger charge is -2.12. The van der Waals surface area contributed by atoms with E-state index in [1.165, 1.54) is 5.56 Å². The normalized spacial score (nSPS) is 10.6. The second-order valence-corrected chi connectivity index (χ2v) is 4.41. The van der Waals surface area contributed by atoms with Gasteiger partial charge in [-0.2, -0.15) is 0 Å². The van der Waals surface area contributed by atoms with Gasteiger partial charge in [-0.25, -0.2) is 0 Å². The fourth-order valence-corrected chi connectivity index (χ4v) is 1.61. The van der Waals surface area contributed by atoms with E-state index in [1.807, 2.05) is 12.1 Å². The highest BCUT2D eigenvalue weighted by Gasteiger charge is 2.03. The summed E-state index contributed by atoms with van der Waals surface area (Å²) in [5, 5.41) is 3.36. The van der Waals surface area contributed by atoms with Crippen molar-refractivity contribution in [1.29, 1.82) is 0 Å². The molecule has 0 atom stereocenters. The van der Waals surface area contributed by atoms with Gasteiger partial charge < -0.3 is 10.1 Å². The molecule has 0 fully saturated rings. The lowest BCUT2D eigenvalue weighted by atomic mass is 10.2. The number of methoxy groups -OCH3 is 1. The quantitative estimate of drug-likeness (QED) is 0.896. The molecule has 3 heteroatoms. The van der Waals surface area contributed by atoms with Gasteiger partial charge in [-0.15, -0.1) is 0 Å². The van der Waals surface area contributed by atoms with E-state index in [0.29, 0.717) is 6.04 Å². The maximum Gasteiger partial charge on any atom is 0.123 e. The van der Waals surface area contributed by atoms with Crippen LogP contribution in [0.4, 0.5) is 0 Å².